The molecule has 4 rings (SSSR count). The normalized spacial score (nSPS) is 18.0. The molecule has 158 valence electrons. The molecule has 3 aromatic rings. The Bertz CT molecular complexity index is 1250. The zero-order chi connectivity index (χ0) is 21.3. The molecule has 1 fully saturated rings. The summed E-state index contributed by atoms with van der Waals surface area (Å²) in [6.45, 7) is 0.520. The van der Waals surface area contributed by atoms with E-state index in [1.165, 1.54) is 12.1 Å². The van der Waals surface area contributed by atoms with Gasteiger partial charge in [0.2, 0.25) is 0 Å². The van der Waals surface area contributed by atoms with E-state index >= 15 is 0 Å². The van der Waals surface area contributed by atoms with Gasteiger partial charge in [0.1, 0.15) is 11.6 Å². The Kier molecular flexibility index (Phi) is 5.62. The number of hydrogen-bond acceptors (Lipinski definition) is 5. The number of fused-ring (bicyclic) bond motifs is 1. The van der Waals surface area contributed by atoms with E-state index < -0.39 is 15.7 Å². The Morgan fingerprint density at radius 3 is 2.77 bits per heavy atom. The van der Waals surface area contributed by atoms with Crippen molar-refractivity contribution < 1.29 is 17.5 Å². The third kappa shape index (κ3) is 4.39. The van der Waals surface area contributed by atoms with E-state index in [2.05, 4.69) is 5.32 Å². The molecule has 8 heteroatoms. The lowest BCUT2D eigenvalue weighted by atomic mass is 10.1. The van der Waals surface area contributed by atoms with Crippen molar-refractivity contribution in [3.8, 4) is 5.75 Å². The highest BCUT2D eigenvalue weighted by Gasteiger charge is 2.27. The second-order valence-corrected chi connectivity index (χ2v) is 9.83. The van der Waals surface area contributed by atoms with E-state index in [0.717, 1.165) is 10.9 Å². The Hall–Kier alpha value is -2.71. The Labute approximate surface area is 174 Å². The van der Waals surface area contributed by atoms with Crippen molar-refractivity contribution in [1.29, 1.82) is 0 Å². The summed E-state index contributed by atoms with van der Waals surface area (Å²) < 4.78 is 44.1. The minimum absolute atomic E-state index is 0.0871. The molecule has 0 saturated carbocycles. The smallest absolute Gasteiger partial charge is 0.255 e. The summed E-state index contributed by atoms with van der Waals surface area (Å²) in [5, 5.41) is 3.94. The highest BCUT2D eigenvalue weighted by atomic mass is 32.2. The fourth-order valence-corrected chi connectivity index (χ4v) is 5.56. The van der Waals surface area contributed by atoms with Crippen LogP contribution in [0.1, 0.15) is 17.5 Å². The van der Waals surface area contributed by atoms with E-state index in [-0.39, 0.29) is 36.2 Å². The third-order valence-electron chi connectivity index (χ3n) is 5.42. The minimum atomic E-state index is -3.00. The molecule has 1 atom stereocenters. The molecule has 30 heavy (non-hydrogen) atoms. The number of nitrogens with one attached hydrogen (secondary N) is 1. The molecule has 2 heterocycles. The maximum atomic E-state index is 13.9. The van der Waals surface area contributed by atoms with Crippen molar-refractivity contribution in [2.75, 3.05) is 18.6 Å². The van der Waals surface area contributed by atoms with E-state index in [0.29, 0.717) is 23.3 Å². The quantitative estimate of drug-likeness (QED) is 0.650. The lowest BCUT2D eigenvalue weighted by Gasteiger charge is -2.16. The highest BCUT2D eigenvalue weighted by Crippen LogP contribution is 2.19. The number of methoxy groups -OCH3 is 1. The third-order valence-corrected chi connectivity index (χ3v) is 7.19. The second kappa shape index (κ2) is 8.20. The van der Waals surface area contributed by atoms with Crippen molar-refractivity contribution in [3.05, 3.63) is 75.8 Å². The number of benzene rings is 2. The predicted molar refractivity (Wildman–Crippen MR) is 114 cm³/mol. The summed E-state index contributed by atoms with van der Waals surface area (Å²) in [5.74, 6) is 0.519. The van der Waals surface area contributed by atoms with Crippen LogP contribution in [0.25, 0.3) is 10.9 Å². The van der Waals surface area contributed by atoms with Crippen molar-refractivity contribution in [3.63, 3.8) is 0 Å². The van der Waals surface area contributed by atoms with Crippen LogP contribution in [0.5, 0.6) is 5.75 Å². The fourth-order valence-electron chi connectivity index (χ4n) is 3.85. The molecule has 1 N–H and O–H groups in total. The molecular weight excluding hydrogens is 407 g/mol. The zero-order valence-electron chi connectivity index (χ0n) is 16.6. The van der Waals surface area contributed by atoms with Crippen LogP contribution >= 0.6 is 0 Å². The van der Waals surface area contributed by atoms with E-state index in [1.54, 1.807) is 23.8 Å². The van der Waals surface area contributed by atoms with Gasteiger partial charge in [-0.15, -0.1) is 0 Å². The average molecular weight is 431 g/mol. The van der Waals surface area contributed by atoms with Gasteiger partial charge in [0, 0.05) is 18.2 Å². The monoisotopic (exact) mass is 430 g/mol. The number of pyridine rings is 1. The predicted octanol–water partition coefficient (Wildman–Crippen LogP) is 2.47. The average Bonchev–Trinajstić information content (AvgIpc) is 3.08. The number of sulfone groups is 1. The van der Waals surface area contributed by atoms with Crippen LogP contribution in [0.2, 0.25) is 0 Å². The van der Waals surface area contributed by atoms with Gasteiger partial charge in [-0.2, -0.15) is 0 Å². The summed E-state index contributed by atoms with van der Waals surface area (Å²) in [7, 11) is -1.43. The van der Waals surface area contributed by atoms with Gasteiger partial charge in [0.05, 0.1) is 30.7 Å². The summed E-state index contributed by atoms with van der Waals surface area (Å²) in [4.78, 5) is 13.2. The van der Waals surface area contributed by atoms with Gasteiger partial charge in [-0.25, -0.2) is 12.8 Å². The molecule has 1 aliphatic rings. The summed E-state index contributed by atoms with van der Waals surface area (Å²) in [5.41, 5.74) is 1.65. The van der Waals surface area contributed by atoms with Crippen molar-refractivity contribution in [1.82, 2.24) is 9.88 Å². The molecule has 1 aliphatic heterocycles. The van der Waals surface area contributed by atoms with Crippen LogP contribution in [-0.4, -0.2) is 37.6 Å². The summed E-state index contributed by atoms with van der Waals surface area (Å²) in [6, 6.07) is 13.3. The van der Waals surface area contributed by atoms with Crippen LogP contribution < -0.4 is 15.6 Å². The SMILES string of the molecule is COc1cccc(Cn2c(=O)c(CN[C@H]3CCS(=O)(=O)C3)cc3ccc(F)cc32)c1. The van der Waals surface area contributed by atoms with E-state index in [9.17, 15) is 17.6 Å². The van der Waals surface area contributed by atoms with Gasteiger partial charge in [-0.1, -0.05) is 12.1 Å². The molecule has 1 saturated heterocycles. The topological polar surface area (TPSA) is 77.4 Å². The van der Waals surface area contributed by atoms with Crippen LogP contribution in [-0.2, 0) is 22.9 Å². The first-order valence-electron chi connectivity index (χ1n) is 9.73. The Balaban J connectivity index is 1.70. The number of aromatic nitrogens is 1. The van der Waals surface area contributed by atoms with E-state index in [1.807, 2.05) is 24.3 Å². The molecule has 0 aliphatic carbocycles. The van der Waals surface area contributed by atoms with Gasteiger partial charge < -0.3 is 14.6 Å². The molecule has 0 spiro atoms. The molecule has 2 aromatic carbocycles. The van der Waals surface area contributed by atoms with Gasteiger partial charge >= 0.3 is 0 Å². The molecule has 0 bridgehead atoms. The largest absolute Gasteiger partial charge is 0.497 e. The zero-order valence-corrected chi connectivity index (χ0v) is 17.4. The number of hydrogen-bond donors (Lipinski definition) is 1. The van der Waals surface area contributed by atoms with Crippen LogP contribution in [0.3, 0.4) is 0 Å². The fraction of sp³-hybridized carbons (Fsp3) is 0.318. The van der Waals surface area contributed by atoms with Crippen LogP contribution in [0.4, 0.5) is 4.39 Å². The Morgan fingerprint density at radius 1 is 1.20 bits per heavy atom. The first-order valence-corrected chi connectivity index (χ1v) is 11.6. The van der Waals surface area contributed by atoms with Crippen LogP contribution in [0.15, 0.2) is 53.3 Å². The van der Waals surface area contributed by atoms with Crippen molar-refractivity contribution in [2.45, 2.75) is 25.6 Å². The Morgan fingerprint density at radius 2 is 2.03 bits per heavy atom. The lowest BCUT2D eigenvalue weighted by Crippen LogP contribution is -2.33. The number of ether oxygens (including phenoxy) is 1. The van der Waals surface area contributed by atoms with Gasteiger partial charge in [0.25, 0.3) is 5.56 Å². The molecular formula is C22H23FN2O4S. The van der Waals surface area contributed by atoms with Gasteiger partial charge in [-0.05, 0) is 53.8 Å². The van der Waals surface area contributed by atoms with Gasteiger partial charge in [0.15, 0.2) is 9.84 Å². The first kappa shape index (κ1) is 20.6. The van der Waals surface area contributed by atoms with Crippen molar-refractivity contribution in [2.24, 2.45) is 0 Å². The summed E-state index contributed by atoms with van der Waals surface area (Å²) in [6.07, 6.45) is 0.541. The standard InChI is InChI=1S/C22H23FN2O4S/c1-29-20-4-2-3-15(9-20)13-25-21-11-18(23)6-5-16(21)10-17(22(25)26)12-24-19-7-8-30(27,28)14-19/h2-6,9-11,19,24H,7-8,12-14H2,1H3/t19-/m0/s1. The first-order chi connectivity index (χ1) is 14.3. The number of nitrogens with zero attached hydrogens (tertiary/aromatic N) is 1. The summed E-state index contributed by atoms with van der Waals surface area (Å²) >= 11 is 0. The lowest BCUT2D eigenvalue weighted by molar-refractivity contribution is 0.414. The maximum Gasteiger partial charge on any atom is 0.255 e. The minimum Gasteiger partial charge on any atom is -0.497 e. The highest BCUT2D eigenvalue weighted by molar-refractivity contribution is 7.91. The van der Waals surface area contributed by atoms with Crippen LogP contribution in [0, 0.1) is 5.82 Å². The number of rotatable bonds is 6. The molecule has 6 nitrogen and oxygen atoms in total. The number of halogens is 1. The molecule has 0 radical (unpaired) electrons. The second-order valence-electron chi connectivity index (χ2n) is 7.60. The van der Waals surface area contributed by atoms with Gasteiger partial charge in [-0.3, -0.25) is 4.79 Å². The maximum absolute atomic E-state index is 13.9. The molecule has 0 amide bonds. The van der Waals surface area contributed by atoms with Crippen molar-refractivity contribution >= 4 is 20.7 Å². The molecule has 0 unspecified atom stereocenters. The molecule has 1 aromatic heterocycles. The van der Waals surface area contributed by atoms with E-state index in [4.69, 9.17) is 4.74 Å².